The van der Waals surface area contributed by atoms with Crippen LogP contribution in [0, 0.1) is 0 Å². The van der Waals surface area contributed by atoms with Gasteiger partial charge in [0, 0.05) is 17.8 Å². The van der Waals surface area contributed by atoms with E-state index < -0.39 is 6.10 Å². The summed E-state index contributed by atoms with van der Waals surface area (Å²) in [5, 5.41) is 20.2. The lowest BCUT2D eigenvalue weighted by molar-refractivity contribution is 0.172. The molecule has 0 bridgehead atoms. The number of hydrogen-bond donors (Lipinski definition) is 3. The molecule has 118 valence electrons. The summed E-state index contributed by atoms with van der Waals surface area (Å²) < 4.78 is 0. The van der Waals surface area contributed by atoms with Gasteiger partial charge in [-0.2, -0.15) is 23.1 Å². The monoisotopic (exact) mass is 328 g/mol. The van der Waals surface area contributed by atoms with E-state index in [1.807, 2.05) is 28.6 Å². The maximum Gasteiger partial charge on any atom is 0.315 e. The number of nitrogens with one attached hydrogen (secondary N) is 2. The van der Waals surface area contributed by atoms with Crippen LogP contribution < -0.4 is 10.6 Å². The first kappa shape index (κ1) is 16.6. The largest absolute Gasteiger partial charge is 0.387 e. The SMILES string of the molecule is CCSC1CCCC(NC(=O)NCC(O)c2ccsc2)C1. The van der Waals surface area contributed by atoms with Crippen LogP contribution in [0.2, 0.25) is 0 Å². The fraction of sp³-hybridized carbons (Fsp3) is 0.667. The maximum absolute atomic E-state index is 11.9. The highest BCUT2D eigenvalue weighted by atomic mass is 32.2. The van der Waals surface area contributed by atoms with Crippen molar-refractivity contribution in [3.05, 3.63) is 22.4 Å². The number of aliphatic hydroxyl groups is 1. The molecule has 1 aliphatic carbocycles. The molecule has 0 aromatic carbocycles. The second-order valence-corrected chi connectivity index (χ2v) is 7.73. The van der Waals surface area contributed by atoms with Gasteiger partial charge in [0.2, 0.25) is 0 Å². The summed E-state index contributed by atoms with van der Waals surface area (Å²) in [6.07, 6.45) is 3.92. The Morgan fingerprint density at radius 3 is 3.14 bits per heavy atom. The van der Waals surface area contributed by atoms with Crippen LogP contribution >= 0.6 is 23.1 Å². The molecule has 1 aromatic heterocycles. The lowest BCUT2D eigenvalue weighted by atomic mass is 9.95. The minimum Gasteiger partial charge on any atom is -0.387 e. The van der Waals surface area contributed by atoms with Crippen LogP contribution in [-0.4, -0.2) is 34.7 Å². The van der Waals surface area contributed by atoms with Gasteiger partial charge < -0.3 is 15.7 Å². The van der Waals surface area contributed by atoms with Crippen LogP contribution in [0.4, 0.5) is 4.79 Å². The quantitative estimate of drug-likeness (QED) is 0.752. The number of urea groups is 1. The first-order valence-electron chi connectivity index (χ1n) is 7.55. The Morgan fingerprint density at radius 1 is 1.57 bits per heavy atom. The number of carbonyl (C=O) groups excluding carboxylic acids is 1. The third kappa shape index (κ3) is 5.52. The van der Waals surface area contributed by atoms with Gasteiger partial charge in [-0.25, -0.2) is 4.79 Å². The Kier molecular flexibility index (Phi) is 6.86. The van der Waals surface area contributed by atoms with Crippen LogP contribution in [0.25, 0.3) is 0 Å². The number of hydrogen-bond acceptors (Lipinski definition) is 4. The van der Waals surface area contributed by atoms with E-state index in [9.17, 15) is 9.90 Å². The Hall–Kier alpha value is -0.720. The molecule has 3 unspecified atom stereocenters. The molecular formula is C15H24N2O2S2. The van der Waals surface area contributed by atoms with Crippen molar-refractivity contribution >= 4 is 29.1 Å². The van der Waals surface area contributed by atoms with Gasteiger partial charge in [-0.05, 0) is 47.4 Å². The lowest BCUT2D eigenvalue weighted by Gasteiger charge is -2.29. The van der Waals surface area contributed by atoms with Gasteiger partial charge in [-0.3, -0.25) is 0 Å². The Morgan fingerprint density at radius 2 is 2.43 bits per heavy atom. The number of thiophene rings is 1. The standard InChI is InChI=1S/C15H24N2O2S2/c1-2-21-13-5-3-4-12(8-13)17-15(19)16-9-14(18)11-6-7-20-10-11/h6-7,10,12-14,18H,2-5,8-9H2,1H3,(H2,16,17,19). The van der Waals surface area contributed by atoms with Gasteiger partial charge in [-0.15, -0.1) is 0 Å². The van der Waals surface area contributed by atoms with Gasteiger partial charge >= 0.3 is 6.03 Å². The summed E-state index contributed by atoms with van der Waals surface area (Å²) in [6.45, 7) is 2.43. The minimum atomic E-state index is -0.628. The number of thioether (sulfide) groups is 1. The predicted molar refractivity (Wildman–Crippen MR) is 90.0 cm³/mol. The molecule has 21 heavy (non-hydrogen) atoms. The maximum atomic E-state index is 11.9. The van der Waals surface area contributed by atoms with E-state index in [1.54, 1.807) is 11.3 Å². The van der Waals surface area contributed by atoms with E-state index in [0.717, 1.165) is 24.2 Å². The van der Waals surface area contributed by atoms with Crippen molar-refractivity contribution in [1.82, 2.24) is 10.6 Å². The van der Waals surface area contributed by atoms with Gasteiger partial charge in [0.05, 0.1) is 6.10 Å². The molecule has 1 aromatic rings. The number of carbonyl (C=O) groups is 1. The molecule has 3 N–H and O–H groups in total. The fourth-order valence-corrected chi connectivity index (χ4v) is 4.55. The molecule has 0 spiro atoms. The average Bonchev–Trinajstić information content (AvgIpc) is 3.00. The van der Waals surface area contributed by atoms with Crippen LogP contribution in [0.1, 0.15) is 44.3 Å². The number of amides is 2. The average molecular weight is 329 g/mol. The minimum absolute atomic E-state index is 0.170. The van der Waals surface area contributed by atoms with E-state index in [1.165, 1.54) is 12.8 Å². The highest BCUT2D eigenvalue weighted by Crippen LogP contribution is 2.28. The van der Waals surface area contributed by atoms with E-state index in [2.05, 4.69) is 17.6 Å². The van der Waals surface area contributed by atoms with Crippen molar-refractivity contribution in [3.63, 3.8) is 0 Å². The molecule has 2 amide bonds. The topological polar surface area (TPSA) is 61.4 Å². The number of aliphatic hydroxyl groups excluding tert-OH is 1. The molecule has 3 atom stereocenters. The van der Waals surface area contributed by atoms with Crippen LogP contribution in [0.5, 0.6) is 0 Å². The van der Waals surface area contributed by atoms with Gasteiger partial charge in [0.1, 0.15) is 0 Å². The second kappa shape index (κ2) is 8.66. The summed E-state index contributed by atoms with van der Waals surface area (Å²) in [5.41, 5.74) is 0.859. The summed E-state index contributed by atoms with van der Waals surface area (Å²) in [4.78, 5) is 11.9. The van der Waals surface area contributed by atoms with Crippen molar-refractivity contribution in [3.8, 4) is 0 Å². The van der Waals surface area contributed by atoms with Crippen molar-refractivity contribution in [2.45, 2.75) is 50.0 Å². The van der Waals surface area contributed by atoms with Crippen LogP contribution in [-0.2, 0) is 0 Å². The van der Waals surface area contributed by atoms with Crippen LogP contribution in [0.3, 0.4) is 0 Å². The van der Waals surface area contributed by atoms with Gasteiger partial charge in [0.15, 0.2) is 0 Å². The molecule has 1 fully saturated rings. The second-order valence-electron chi connectivity index (χ2n) is 5.37. The molecule has 0 aliphatic heterocycles. The molecule has 0 saturated heterocycles. The zero-order chi connectivity index (χ0) is 15.1. The van der Waals surface area contributed by atoms with E-state index >= 15 is 0 Å². The van der Waals surface area contributed by atoms with E-state index in [4.69, 9.17) is 0 Å². The molecule has 0 radical (unpaired) electrons. The van der Waals surface area contributed by atoms with Crippen molar-refractivity contribution < 1.29 is 9.90 Å². The molecule has 6 heteroatoms. The molecular weight excluding hydrogens is 304 g/mol. The molecule has 1 heterocycles. The van der Waals surface area contributed by atoms with Crippen molar-refractivity contribution in [2.24, 2.45) is 0 Å². The van der Waals surface area contributed by atoms with Gasteiger partial charge in [0.25, 0.3) is 0 Å². The first-order valence-corrected chi connectivity index (χ1v) is 9.54. The zero-order valence-corrected chi connectivity index (χ0v) is 14.0. The molecule has 1 aliphatic rings. The summed E-state index contributed by atoms with van der Waals surface area (Å²) in [7, 11) is 0. The first-order chi connectivity index (χ1) is 10.2. The summed E-state index contributed by atoms with van der Waals surface area (Å²) >= 11 is 3.53. The van der Waals surface area contributed by atoms with E-state index in [-0.39, 0.29) is 18.6 Å². The Balaban J connectivity index is 1.69. The molecule has 2 rings (SSSR count). The predicted octanol–water partition coefficient (Wildman–Crippen LogP) is 3.15. The summed E-state index contributed by atoms with van der Waals surface area (Å²) in [5.74, 6) is 1.14. The van der Waals surface area contributed by atoms with Crippen molar-refractivity contribution in [1.29, 1.82) is 0 Å². The third-order valence-corrected chi connectivity index (χ3v) is 5.68. The fourth-order valence-electron chi connectivity index (χ4n) is 2.67. The molecule has 4 nitrogen and oxygen atoms in total. The van der Waals surface area contributed by atoms with Crippen LogP contribution in [0.15, 0.2) is 16.8 Å². The number of rotatable bonds is 6. The zero-order valence-electron chi connectivity index (χ0n) is 12.4. The lowest BCUT2D eigenvalue weighted by Crippen LogP contribution is -2.45. The van der Waals surface area contributed by atoms with Gasteiger partial charge in [-0.1, -0.05) is 13.3 Å². The Bertz CT molecular complexity index is 423. The summed E-state index contributed by atoms with van der Waals surface area (Å²) in [6, 6.07) is 1.97. The van der Waals surface area contributed by atoms with E-state index in [0.29, 0.717) is 5.25 Å². The Labute approximate surface area is 134 Å². The van der Waals surface area contributed by atoms with Crippen molar-refractivity contribution in [2.75, 3.05) is 12.3 Å². The highest BCUT2D eigenvalue weighted by molar-refractivity contribution is 7.99. The molecule has 1 saturated carbocycles. The normalized spacial score (nSPS) is 23.5. The smallest absolute Gasteiger partial charge is 0.315 e. The third-order valence-electron chi connectivity index (χ3n) is 3.75. The highest BCUT2D eigenvalue weighted by Gasteiger charge is 2.23.